The van der Waals surface area contributed by atoms with Crippen molar-refractivity contribution >= 4 is 35.4 Å². The summed E-state index contributed by atoms with van der Waals surface area (Å²) < 4.78 is 20.9. The van der Waals surface area contributed by atoms with Crippen LogP contribution >= 0.6 is 0 Å². The van der Waals surface area contributed by atoms with E-state index in [-0.39, 0.29) is 24.0 Å². The third-order valence-corrected chi connectivity index (χ3v) is 8.35. The molecule has 4 heterocycles. The number of imide groups is 2. The molecule has 41 heavy (non-hydrogen) atoms. The number of hydrogen-bond donors (Lipinski definition) is 1. The highest BCUT2D eigenvalue weighted by atomic mass is 19.1. The molecule has 5 amide bonds. The van der Waals surface area contributed by atoms with Crippen molar-refractivity contribution in [3.63, 3.8) is 0 Å². The molecule has 4 aliphatic rings. The Morgan fingerprint density at radius 3 is 2.29 bits per heavy atom. The van der Waals surface area contributed by atoms with E-state index in [2.05, 4.69) is 15.1 Å². The van der Waals surface area contributed by atoms with E-state index in [4.69, 9.17) is 4.74 Å². The number of likely N-dealkylation sites (tertiary alicyclic amines) is 1. The molecule has 5 rings (SSSR count). The first-order chi connectivity index (χ1) is 19.3. The summed E-state index contributed by atoms with van der Waals surface area (Å²) in [5.74, 6) is -2.08. The molecule has 11 nitrogen and oxygen atoms in total. The fourth-order valence-electron chi connectivity index (χ4n) is 5.91. The zero-order chi connectivity index (χ0) is 29.5. The predicted molar refractivity (Wildman–Crippen MR) is 147 cm³/mol. The lowest BCUT2D eigenvalue weighted by Gasteiger charge is -2.40. The fourth-order valence-corrected chi connectivity index (χ4v) is 5.91. The van der Waals surface area contributed by atoms with Crippen LogP contribution in [0.1, 0.15) is 73.6 Å². The average Bonchev–Trinajstić information content (AvgIpc) is 3.16. The molecule has 0 aromatic heterocycles. The van der Waals surface area contributed by atoms with Gasteiger partial charge in [0.25, 0.3) is 11.8 Å². The highest BCUT2D eigenvalue weighted by Gasteiger charge is 2.45. The molecule has 0 bridgehead atoms. The zero-order valence-corrected chi connectivity index (χ0v) is 23.9. The molecule has 0 saturated carbocycles. The maximum absolute atomic E-state index is 15.5. The summed E-state index contributed by atoms with van der Waals surface area (Å²) in [4.78, 5) is 69.1. The molecule has 3 fully saturated rings. The van der Waals surface area contributed by atoms with Crippen LogP contribution < -0.4 is 10.2 Å². The van der Waals surface area contributed by atoms with Crippen LogP contribution in [-0.4, -0.2) is 108 Å². The number of nitrogens with one attached hydrogen (secondary N) is 1. The fraction of sp³-hybridized carbons (Fsp3) is 0.621. The second kappa shape index (κ2) is 11.0. The van der Waals surface area contributed by atoms with Crippen LogP contribution in [0.5, 0.6) is 0 Å². The highest BCUT2D eigenvalue weighted by molar-refractivity contribution is 6.23. The number of piperazine rings is 1. The molecule has 12 heteroatoms. The van der Waals surface area contributed by atoms with Crippen molar-refractivity contribution < 1.29 is 33.1 Å². The summed E-state index contributed by atoms with van der Waals surface area (Å²) in [6, 6.07) is 4.14. The number of alkyl halides is 1. The van der Waals surface area contributed by atoms with Crippen molar-refractivity contribution in [2.45, 2.75) is 70.2 Å². The van der Waals surface area contributed by atoms with Gasteiger partial charge in [0.05, 0.1) is 11.1 Å². The Morgan fingerprint density at radius 1 is 1.00 bits per heavy atom. The van der Waals surface area contributed by atoms with E-state index < -0.39 is 47.0 Å². The first-order valence-corrected chi connectivity index (χ1v) is 14.3. The Balaban J connectivity index is 1.12. The van der Waals surface area contributed by atoms with Crippen molar-refractivity contribution in [3.8, 4) is 0 Å². The third kappa shape index (κ3) is 6.22. The summed E-state index contributed by atoms with van der Waals surface area (Å²) in [5, 5.41) is 2.21. The van der Waals surface area contributed by atoms with Gasteiger partial charge in [-0.1, -0.05) is 0 Å². The molecule has 0 spiro atoms. The van der Waals surface area contributed by atoms with Crippen molar-refractivity contribution in [2.75, 3.05) is 50.7 Å². The first-order valence-electron chi connectivity index (χ1n) is 14.3. The summed E-state index contributed by atoms with van der Waals surface area (Å²) >= 11 is 0. The molecule has 1 aromatic carbocycles. The van der Waals surface area contributed by atoms with Crippen molar-refractivity contribution in [1.82, 2.24) is 20.0 Å². The van der Waals surface area contributed by atoms with Gasteiger partial charge in [0, 0.05) is 57.9 Å². The van der Waals surface area contributed by atoms with Gasteiger partial charge in [0.15, 0.2) is 0 Å². The minimum atomic E-state index is -1.31. The number of amides is 5. The number of halogens is 1. The summed E-state index contributed by atoms with van der Waals surface area (Å²) in [6.45, 7) is 9.59. The number of ether oxygens (including phenoxy) is 1. The standard InChI is InChI=1S/C29H38FN5O6/c1-28(2,3)41-27(40)34-12-9-29(30,10-13-34)8-11-32-14-16-33(17-15-32)19-4-5-20-21(18-19)26(39)35(25(20)38)22-6-7-23(36)31-24(22)37/h4-5,18,22H,6-17H2,1-3H3,(H,31,36,37). The van der Waals surface area contributed by atoms with E-state index in [1.807, 2.05) is 26.8 Å². The van der Waals surface area contributed by atoms with Crippen LogP contribution in [0.15, 0.2) is 18.2 Å². The lowest BCUT2D eigenvalue weighted by Crippen LogP contribution is -2.54. The topological polar surface area (TPSA) is 120 Å². The van der Waals surface area contributed by atoms with Gasteiger partial charge in [0.1, 0.15) is 17.3 Å². The number of benzene rings is 1. The van der Waals surface area contributed by atoms with Gasteiger partial charge in [-0.25, -0.2) is 9.18 Å². The maximum atomic E-state index is 15.5. The molecule has 222 valence electrons. The van der Waals surface area contributed by atoms with Gasteiger partial charge in [0.2, 0.25) is 11.8 Å². The molecule has 1 atom stereocenters. The molecular weight excluding hydrogens is 533 g/mol. The van der Waals surface area contributed by atoms with Crippen molar-refractivity contribution in [2.24, 2.45) is 0 Å². The highest BCUT2D eigenvalue weighted by Crippen LogP contribution is 2.33. The molecule has 1 unspecified atom stereocenters. The number of hydrogen-bond acceptors (Lipinski definition) is 8. The lowest BCUT2D eigenvalue weighted by atomic mass is 9.90. The van der Waals surface area contributed by atoms with E-state index in [1.165, 1.54) is 0 Å². The normalized spacial score (nSPS) is 23.5. The number of rotatable bonds is 5. The van der Waals surface area contributed by atoms with Crippen molar-refractivity contribution in [1.29, 1.82) is 0 Å². The average molecular weight is 572 g/mol. The molecule has 4 aliphatic heterocycles. The summed E-state index contributed by atoms with van der Waals surface area (Å²) in [5.41, 5.74) is -0.556. The van der Waals surface area contributed by atoms with Crippen LogP contribution in [-0.2, 0) is 14.3 Å². The third-order valence-electron chi connectivity index (χ3n) is 8.35. The van der Waals surface area contributed by atoms with Gasteiger partial charge < -0.3 is 14.5 Å². The summed E-state index contributed by atoms with van der Waals surface area (Å²) in [7, 11) is 0. The number of carbonyl (C=O) groups excluding carboxylic acids is 5. The predicted octanol–water partition coefficient (Wildman–Crippen LogP) is 2.34. The van der Waals surface area contributed by atoms with Gasteiger partial charge in [-0.15, -0.1) is 0 Å². The largest absolute Gasteiger partial charge is 0.444 e. The Kier molecular flexibility index (Phi) is 7.80. The quantitative estimate of drug-likeness (QED) is 0.535. The molecule has 3 saturated heterocycles. The second-order valence-corrected chi connectivity index (χ2v) is 12.4. The Bertz CT molecular complexity index is 1250. The second-order valence-electron chi connectivity index (χ2n) is 12.4. The van der Waals surface area contributed by atoms with E-state index in [9.17, 15) is 24.0 Å². The number of anilines is 1. The zero-order valence-electron chi connectivity index (χ0n) is 23.9. The molecule has 0 aliphatic carbocycles. The Labute approximate surface area is 238 Å². The number of fused-ring (bicyclic) bond motifs is 1. The molecule has 1 aromatic rings. The van der Waals surface area contributed by atoms with Crippen LogP contribution in [0.25, 0.3) is 0 Å². The molecular formula is C29H38FN5O6. The van der Waals surface area contributed by atoms with E-state index in [0.29, 0.717) is 52.0 Å². The van der Waals surface area contributed by atoms with Crippen LogP contribution in [0.4, 0.5) is 14.9 Å². The summed E-state index contributed by atoms with van der Waals surface area (Å²) in [6.07, 6.45) is 0.798. The lowest BCUT2D eigenvalue weighted by molar-refractivity contribution is -0.136. The van der Waals surface area contributed by atoms with Gasteiger partial charge >= 0.3 is 6.09 Å². The van der Waals surface area contributed by atoms with E-state index in [1.54, 1.807) is 17.0 Å². The Hall–Kier alpha value is -3.54. The minimum absolute atomic E-state index is 0.0768. The monoisotopic (exact) mass is 571 g/mol. The van der Waals surface area contributed by atoms with E-state index in [0.717, 1.165) is 23.7 Å². The molecule has 0 radical (unpaired) electrons. The first kappa shape index (κ1) is 29.0. The van der Waals surface area contributed by atoms with Crippen LogP contribution in [0, 0.1) is 0 Å². The van der Waals surface area contributed by atoms with Gasteiger partial charge in [-0.3, -0.25) is 34.3 Å². The SMILES string of the molecule is CC(C)(C)OC(=O)N1CCC(F)(CCN2CCN(c3ccc4c(c3)C(=O)N(C3CCC(=O)NC3=O)C4=O)CC2)CC1. The van der Waals surface area contributed by atoms with Crippen LogP contribution in [0.3, 0.4) is 0 Å². The molecule has 1 N–H and O–H groups in total. The smallest absolute Gasteiger partial charge is 0.410 e. The van der Waals surface area contributed by atoms with Gasteiger partial charge in [-0.2, -0.15) is 0 Å². The number of piperidine rings is 2. The minimum Gasteiger partial charge on any atom is -0.444 e. The Morgan fingerprint density at radius 2 is 1.66 bits per heavy atom. The number of carbonyl (C=O) groups is 5. The van der Waals surface area contributed by atoms with Crippen molar-refractivity contribution in [3.05, 3.63) is 29.3 Å². The van der Waals surface area contributed by atoms with Gasteiger partial charge in [-0.05, 0) is 64.7 Å². The van der Waals surface area contributed by atoms with E-state index >= 15 is 4.39 Å². The maximum Gasteiger partial charge on any atom is 0.410 e. The van der Waals surface area contributed by atoms with Crippen LogP contribution in [0.2, 0.25) is 0 Å². The number of nitrogens with zero attached hydrogens (tertiary/aromatic N) is 4.